The molecule has 0 amide bonds. The summed E-state index contributed by atoms with van der Waals surface area (Å²) in [4.78, 5) is 4.60. The van der Waals surface area contributed by atoms with Gasteiger partial charge in [0.25, 0.3) is 0 Å². The molecule has 0 aliphatic carbocycles. The molecule has 1 aromatic carbocycles. The Morgan fingerprint density at radius 2 is 2.06 bits per heavy atom. The van der Waals surface area contributed by atoms with Crippen LogP contribution >= 0.6 is 23.1 Å². The second-order valence-corrected chi connectivity index (χ2v) is 5.33. The van der Waals surface area contributed by atoms with Gasteiger partial charge >= 0.3 is 6.18 Å². The molecule has 2 aromatic rings. The Morgan fingerprint density at radius 3 is 2.59 bits per heavy atom. The Kier molecular flexibility index (Phi) is 3.30. The highest BCUT2D eigenvalue weighted by atomic mass is 32.2. The lowest BCUT2D eigenvalue weighted by Crippen LogP contribution is -2.05. The van der Waals surface area contributed by atoms with Crippen LogP contribution in [0.1, 0.15) is 5.56 Å². The van der Waals surface area contributed by atoms with Crippen molar-refractivity contribution >= 4 is 28.8 Å². The molecular weight excluding hydrogens is 269 g/mol. The van der Waals surface area contributed by atoms with E-state index in [-0.39, 0.29) is 5.69 Å². The largest absolute Gasteiger partial charge is 0.416 e. The highest BCUT2D eigenvalue weighted by Gasteiger charge is 2.30. The summed E-state index contributed by atoms with van der Waals surface area (Å²) >= 11 is 2.67. The molecule has 1 aromatic heterocycles. The normalized spacial score (nSPS) is 11.7. The molecule has 0 radical (unpaired) electrons. The first-order valence-electron chi connectivity index (χ1n) is 4.51. The van der Waals surface area contributed by atoms with Crippen molar-refractivity contribution in [2.75, 3.05) is 5.73 Å². The predicted octanol–water partition coefficient (Wildman–Crippen LogP) is 3.90. The highest BCUT2D eigenvalue weighted by Crippen LogP contribution is 2.37. The van der Waals surface area contributed by atoms with Crippen molar-refractivity contribution in [3.63, 3.8) is 0 Å². The molecule has 1 heterocycles. The Hall–Kier alpha value is -1.21. The van der Waals surface area contributed by atoms with E-state index >= 15 is 0 Å². The smallest absolute Gasteiger partial charge is 0.398 e. The average molecular weight is 276 g/mol. The number of benzene rings is 1. The maximum atomic E-state index is 12.4. The molecule has 17 heavy (non-hydrogen) atoms. The summed E-state index contributed by atoms with van der Waals surface area (Å²) in [6.07, 6.45) is -2.73. The number of halogens is 3. The van der Waals surface area contributed by atoms with E-state index in [1.54, 1.807) is 11.6 Å². The lowest BCUT2D eigenvalue weighted by Gasteiger charge is -2.09. The number of rotatable bonds is 2. The van der Waals surface area contributed by atoms with Gasteiger partial charge in [0.15, 0.2) is 4.34 Å². The summed E-state index contributed by atoms with van der Waals surface area (Å²) in [6.45, 7) is 0. The van der Waals surface area contributed by atoms with Crippen LogP contribution in [0.15, 0.2) is 39.0 Å². The molecule has 2 N–H and O–H groups in total. The monoisotopic (exact) mass is 276 g/mol. The van der Waals surface area contributed by atoms with E-state index in [1.165, 1.54) is 29.2 Å². The maximum absolute atomic E-state index is 12.4. The lowest BCUT2D eigenvalue weighted by molar-refractivity contribution is -0.137. The van der Waals surface area contributed by atoms with Crippen molar-refractivity contribution in [1.82, 2.24) is 4.98 Å². The zero-order chi connectivity index (χ0) is 12.5. The molecule has 0 aliphatic rings. The zero-order valence-corrected chi connectivity index (χ0v) is 9.99. The van der Waals surface area contributed by atoms with E-state index in [1.807, 2.05) is 0 Å². The SMILES string of the molecule is Nc1cc(C(F)(F)F)ccc1Sc1nccs1. The number of anilines is 1. The number of nitrogen functional groups attached to an aromatic ring is 1. The number of hydrogen-bond acceptors (Lipinski definition) is 4. The van der Waals surface area contributed by atoms with Crippen molar-refractivity contribution in [1.29, 1.82) is 0 Å². The molecular formula is C10H7F3N2S2. The van der Waals surface area contributed by atoms with Crippen LogP contribution in [0.2, 0.25) is 0 Å². The molecule has 0 unspecified atom stereocenters. The number of nitrogens with zero attached hydrogens (tertiary/aromatic N) is 1. The molecule has 0 spiro atoms. The fraction of sp³-hybridized carbons (Fsp3) is 0.100. The van der Waals surface area contributed by atoms with Crippen LogP contribution in [0.25, 0.3) is 0 Å². The van der Waals surface area contributed by atoms with Gasteiger partial charge in [0.05, 0.1) is 5.56 Å². The van der Waals surface area contributed by atoms with Crippen LogP contribution in [-0.4, -0.2) is 4.98 Å². The van der Waals surface area contributed by atoms with Crippen molar-refractivity contribution in [3.8, 4) is 0 Å². The molecule has 0 saturated heterocycles. The summed E-state index contributed by atoms with van der Waals surface area (Å²) in [5.41, 5.74) is 4.96. The first-order chi connectivity index (χ1) is 7.97. The molecule has 2 nitrogen and oxygen atoms in total. The molecule has 2 rings (SSSR count). The molecule has 0 atom stereocenters. The minimum absolute atomic E-state index is 0.111. The fourth-order valence-electron chi connectivity index (χ4n) is 1.17. The summed E-state index contributed by atoms with van der Waals surface area (Å²) in [7, 11) is 0. The topological polar surface area (TPSA) is 38.9 Å². The molecule has 7 heteroatoms. The van der Waals surface area contributed by atoms with E-state index < -0.39 is 11.7 Å². The standard InChI is InChI=1S/C10H7F3N2S2/c11-10(12,13)6-1-2-8(7(14)5-6)17-9-15-3-4-16-9/h1-5H,14H2. The van der Waals surface area contributed by atoms with Gasteiger partial charge in [-0.1, -0.05) is 11.8 Å². The van der Waals surface area contributed by atoms with Gasteiger partial charge in [-0.15, -0.1) is 11.3 Å². The minimum Gasteiger partial charge on any atom is -0.398 e. The number of hydrogen-bond donors (Lipinski definition) is 1. The Morgan fingerprint density at radius 1 is 1.29 bits per heavy atom. The summed E-state index contributed by atoms with van der Waals surface area (Å²) in [5, 5.41) is 1.79. The van der Waals surface area contributed by atoms with E-state index in [0.29, 0.717) is 4.90 Å². The van der Waals surface area contributed by atoms with Gasteiger partial charge in [-0.25, -0.2) is 4.98 Å². The van der Waals surface area contributed by atoms with Crippen molar-refractivity contribution in [2.24, 2.45) is 0 Å². The van der Waals surface area contributed by atoms with Gasteiger partial charge in [-0.3, -0.25) is 0 Å². The third-order valence-corrected chi connectivity index (χ3v) is 3.92. The average Bonchev–Trinajstić information content (AvgIpc) is 2.72. The first kappa shape index (κ1) is 12.3. The molecule has 0 aliphatic heterocycles. The van der Waals surface area contributed by atoms with Crippen LogP contribution in [0.5, 0.6) is 0 Å². The second-order valence-electron chi connectivity index (χ2n) is 3.15. The van der Waals surface area contributed by atoms with E-state index in [2.05, 4.69) is 4.98 Å². The quantitative estimate of drug-likeness (QED) is 0.846. The van der Waals surface area contributed by atoms with Gasteiger partial charge in [-0.2, -0.15) is 13.2 Å². The van der Waals surface area contributed by atoms with Crippen LogP contribution in [0, 0.1) is 0 Å². The van der Waals surface area contributed by atoms with E-state index in [4.69, 9.17) is 5.73 Å². The van der Waals surface area contributed by atoms with Crippen LogP contribution < -0.4 is 5.73 Å². The van der Waals surface area contributed by atoms with Gasteiger partial charge in [-0.05, 0) is 18.2 Å². The first-order valence-corrected chi connectivity index (χ1v) is 6.20. The third-order valence-electron chi connectivity index (χ3n) is 1.94. The summed E-state index contributed by atoms with van der Waals surface area (Å²) < 4.78 is 38.0. The number of nitrogens with two attached hydrogens (primary N) is 1. The Balaban J connectivity index is 2.26. The number of alkyl halides is 3. The van der Waals surface area contributed by atoms with E-state index in [0.717, 1.165) is 16.5 Å². The highest BCUT2D eigenvalue weighted by molar-refractivity contribution is 8.01. The number of aromatic nitrogens is 1. The zero-order valence-electron chi connectivity index (χ0n) is 8.36. The van der Waals surface area contributed by atoms with Crippen LogP contribution in [0.4, 0.5) is 18.9 Å². The molecule has 0 fully saturated rings. The van der Waals surface area contributed by atoms with Crippen molar-refractivity contribution in [3.05, 3.63) is 35.3 Å². The molecule has 90 valence electrons. The van der Waals surface area contributed by atoms with Gasteiger partial charge in [0.2, 0.25) is 0 Å². The maximum Gasteiger partial charge on any atom is 0.416 e. The van der Waals surface area contributed by atoms with Gasteiger partial charge < -0.3 is 5.73 Å². The third kappa shape index (κ3) is 2.92. The van der Waals surface area contributed by atoms with Gasteiger partial charge in [0.1, 0.15) is 0 Å². The Labute approximate surface area is 104 Å². The van der Waals surface area contributed by atoms with Crippen molar-refractivity contribution in [2.45, 2.75) is 15.4 Å². The predicted molar refractivity (Wildman–Crippen MR) is 62.1 cm³/mol. The Bertz CT molecular complexity index is 509. The summed E-state index contributed by atoms with van der Waals surface area (Å²) in [5.74, 6) is 0. The van der Waals surface area contributed by atoms with Crippen LogP contribution in [0.3, 0.4) is 0 Å². The fourth-order valence-corrected chi connectivity index (χ4v) is 2.78. The van der Waals surface area contributed by atoms with Gasteiger partial charge in [0, 0.05) is 22.2 Å². The molecule has 0 saturated carbocycles. The second kappa shape index (κ2) is 4.58. The lowest BCUT2D eigenvalue weighted by atomic mass is 10.2. The number of thiazole rings is 1. The van der Waals surface area contributed by atoms with Crippen LogP contribution in [-0.2, 0) is 6.18 Å². The minimum atomic E-state index is -4.36. The summed E-state index contributed by atoms with van der Waals surface area (Å²) in [6, 6.07) is 3.33. The van der Waals surface area contributed by atoms with Crippen molar-refractivity contribution < 1.29 is 13.2 Å². The van der Waals surface area contributed by atoms with E-state index in [9.17, 15) is 13.2 Å². The molecule has 0 bridgehead atoms.